The molecule has 0 bridgehead atoms. The number of rotatable bonds is 4. The molecule has 2 rings (SSSR count). The Morgan fingerprint density at radius 3 is 2.52 bits per heavy atom. The van der Waals surface area contributed by atoms with Gasteiger partial charge in [-0.3, -0.25) is 4.79 Å². The highest BCUT2D eigenvalue weighted by atomic mass is 32.2. The summed E-state index contributed by atoms with van der Waals surface area (Å²) in [5.41, 5.74) is 1.12. The molecule has 1 saturated heterocycles. The maximum Gasteiger partial charge on any atom is 0.254 e. The van der Waals surface area contributed by atoms with Crippen molar-refractivity contribution in [1.82, 2.24) is 9.62 Å². The molecule has 128 valence electrons. The fourth-order valence-corrected chi connectivity index (χ4v) is 3.79. The second-order valence-corrected chi connectivity index (χ2v) is 8.40. The fraction of sp³-hybridized carbons (Fsp3) is 0.562. The van der Waals surface area contributed by atoms with Crippen molar-refractivity contribution in [3.05, 3.63) is 29.3 Å². The number of aromatic hydroxyl groups is 1. The van der Waals surface area contributed by atoms with Gasteiger partial charge in [-0.2, -0.15) is 0 Å². The van der Waals surface area contributed by atoms with E-state index >= 15 is 0 Å². The minimum absolute atomic E-state index is 0.0627. The normalized spacial score (nSPS) is 21.9. The molecule has 2 N–H and O–H groups in total. The summed E-state index contributed by atoms with van der Waals surface area (Å²) in [6.45, 7) is 6.64. The first-order valence-corrected chi connectivity index (χ1v) is 9.54. The largest absolute Gasteiger partial charge is 0.508 e. The monoisotopic (exact) mass is 340 g/mol. The highest BCUT2D eigenvalue weighted by Crippen LogP contribution is 2.27. The quantitative estimate of drug-likeness (QED) is 0.866. The van der Waals surface area contributed by atoms with Crippen molar-refractivity contribution in [2.24, 2.45) is 11.8 Å². The second kappa shape index (κ2) is 6.49. The first-order chi connectivity index (χ1) is 10.6. The number of sulfonamides is 1. The molecule has 0 radical (unpaired) electrons. The standard InChI is InChI=1S/C16H24N2O4S/c1-10(2)13-8-18(9-14(13)17-23(4,21)22)16(20)12-6-5-11(3)15(19)7-12/h5-7,10,13-14,17,19H,8-9H2,1-4H3/t13-,14+/m0/s1. The summed E-state index contributed by atoms with van der Waals surface area (Å²) < 4.78 is 25.7. The van der Waals surface area contributed by atoms with Crippen LogP contribution in [0.3, 0.4) is 0 Å². The van der Waals surface area contributed by atoms with Crippen molar-refractivity contribution < 1.29 is 18.3 Å². The van der Waals surface area contributed by atoms with Gasteiger partial charge in [0.05, 0.1) is 6.26 Å². The van der Waals surface area contributed by atoms with Crippen molar-refractivity contribution >= 4 is 15.9 Å². The Labute approximate surface area is 137 Å². The zero-order valence-corrected chi connectivity index (χ0v) is 14.7. The van der Waals surface area contributed by atoms with Crippen LogP contribution in [0.4, 0.5) is 0 Å². The molecule has 7 heteroatoms. The van der Waals surface area contributed by atoms with Gasteiger partial charge in [0.2, 0.25) is 10.0 Å². The number of nitrogens with one attached hydrogen (secondary N) is 1. The summed E-state index contributed by atoms with van der Waals surface area (Å²) in [5.74, 6) is 0.205. The summed E-state index contributed by atoms with van der Waals surface area (Å²) in [5, 5.41) is 9.77. The molecule has 1 aliphatic heterocycles. The van der Waals surface area contributed by atoms with E-state index in [0.29, 0.717) is 24.2 Å². The summed E-state index contributed by atoms with van der Waals surface area (Å²) in [6.07, 6.45) is 1.13. The van der Waals surface area contributed by atoms with Gasteiger partial charge in [0.1, 0.15) is 5.75 Å². The van der Waals surface area contributed by atoms with E-state index in [1.807, 2.05) is 13.8 Å². The highest BCUT2D eigenvalue weighted by molar-refractivity contribution is 7.88. The third-order valence-electron chi connectivity index (χ3n) is 4.33. The summed E-state index contributed by atoms with van der Waals surface area (Å²) >= 11 is 0. The van der Waals surface area contributed by atoms with Gasteiger partial charge in [0, 0.05) is 24.7 Å². The van der Waals surface area contributed by atoms with Crippen molar-refractivity contribution in [1.29, 1.82) is 0 Å². The van der Waals surface area contributed by atoms with Crippen molar-refractivity contribution in [2.75, 3.05) is 19.3 Å². The van der Waals surface area contributed by atoms with Crippen LogP contribution in [0.5, 0.6) is 5.75 Å². The van der Waals surface area contributed by atoms with Gasteiger partial charge in [-0.1, -0.05) is 19.9 Å². The topological polar surface area (TPSA) is 86.7 Å². The second-order valence-electron chi connectivity index (χ2n) is 6.62. The minimum atomic E-state index is -3.33. The molecular weight excluding hydrogens is 316 g/mol. The number of likely N-dealkylation sites (tertiary alicyclic amines) is 1. The fourth-order valence-electron chi connectivity index (χ4n) is 2.99. The third kappa shape index (κ3) is 4.23. The molecule has 6 nitrogen and oxygen atoms in total. The van der Waals surface area contributed by atoms with Crippen LogP contribution in [0.1, 0.15) is 29.8 Å². The number of phenolic OH excluding ortho intramolecular Hbond substituents is 1. The number of aryl methyl sites for hydroxylation is 1. The number of benzene rings is 1. The van der Waals surface area contributed by atoms with Crippen molar-refractivity contribution in [3.8, 4) is 5.75 Å². The number of hydrogen-bond acceptors (Lipinski definition) is 4. The minimum Gasteiger partial charge on any atom is -0.508 e. The van der Waals surface area contributed by atoms with E-state index in [2.05, 4.69) is 4.72 Å². The number of phenols is 1. The van der Waals surface area contributed by atoms with Gasteiger partial charge < -0.3 is 10.0 Å². The predicted molar refractivity (Wildman–Crippen MR) is 88.8 cm³/mol. The van der Waals surface area contributed by atoms with Crippen LogP contribution < -0.4 is 4.72 Å². The maximum absolute atomic E-state index is 12.6. The van der Waals surface area contributed by atoms with Gasteiger partial charge in [0.25, 0.3) is 5.91 Å². The van der Waals surface area contributed by atoms with Crippen LogP contribution in [0.2, 0.25) is 0 Å². The Bertz CT molecular complexity index is 700. The van der Waals surface area contributed by atoms with Gasteiger partial charge in [0.15, 0.2) is 0 Å². The van der Waals surface area contributed by atoms with Crippen molar-refractivity contribution in [3.63, 3.8) is 0 Å². The lowest BCUT2D eigenvalue weighted by Gasteiger charge is -2.21. The highest BCUT2D eigenvalue weighted by Gasteiger charge is 2.38. The molecule has 0 unspecified atom stereocenters. The van der Waals surface area contributed by atoms with Crippen LogP contribution >= 0.6 is 0 Å². The molecule has 1 aromatic carbocycles. The van der Waals surface area contributed by atoms with Crippen LogP contribution in [0, 0.1) is 18.8 Å². The summed E-state index contributed by atoms with van der Waals surface area (Å²) in [6, 6.07) is 4.55. The van der Waals surface area contributed by atoms with Crippen LogP contribution in [0.15, 0.2) is 18.2 Å². The van der Waals surface area contributed by atoms with Gasteiger partial charge >= 0.3 is 0 Å². The number of hydrogen-bond donors (Lipinski definition) is 2. The van der Waals surface area contributed by atoms with Crippen LogP contribution in [-0.4, -0.2) is 49.7 Å². The average Bonchev–Trinajstić information content (AvgIpc) is 2.83. The van der Waals surface area contributed by atoms with E-state index in [4.69, 9.17) is 0 Å². The lowest BCUT2D eigenvalue weighted by atomic mass is 9.92. The van der Waals surface area contributed by atoms with Crippen LogP contribution in [-0.2, 0) is 10.0 Å². The zero-order chi connectivity index (χ0) is 17.4. The van der Waals surface area contributed by atoms with Crippen molar-refractivity contribution in [2.45, 2.75) is 26.8 Å². The van der Waals surface area contributed by atoms with E-state index in [0.717, 1.165) is 6.26 Å². The number of carbonyl (C=O) groups excluding carboxylic acids is 1. The van der Waals surface area contributed by atoms with Crippen LogP contribution in [0.25, 0.3) is 0 Å². The predicted octanol–water partition coefficient (Wildman–Crippen LogP) is 1.35. The molecule has 0 aromatic heterocycles. The Morgan fingerprint density at radius 1 is 1.35 bits per heavy atom. The Morgan fingerprint density at radius 2 is 2.00 bits per heavy atom. The van der Waals surface area contributed by atoms with E-state index < -0.39 is 10.0 Å². The summed E-state index contributed by atoms with van der Waals surface area (Å²) in [4.78, 5) is 14.3. The zero-order valence-electron chi connectivity index (χ0n) is 13.9. The molecular formula is C16H24N2O4S. The maximum atomic E-state index is 12.6. The first-order valence-electron chi connectivity index (χ1n) is 7.64. The number of amides is 1. The van der Waals surface area contributed by atoms with E-state index in [9.17, 15) is 18.3 Å². The molecule has 23 heavy (non-hydrogen) atoms. The summed E-state index contributed by atoms with van der Waals surface area (Å²) in [7, 11) is -3.33. The smallest absolute Gasteiger partial charge is 0.254 e. The lowest BCUT2D eigenvalue weighted by molar-refractivity contribution is 0.0782. The number of nitrogens with zero attached hydrogens (tertiary/aromatic N) is 1. The molecule has 1 amide bonds. The molecule has 1 heterocycles. The van der Waals surface area contributed by atoms with Gasteiger partial charge in [-0.05, 0) is 36.5 Å². The van der Waals surface area contributed by atoms with Gasteiger partial charge in [-0.25, -0.2) is 13.1 Å². The Hall–Kier alpha value is -1.60. The van der Waals surface area contributed by atoms with E-state index in [1.54, 1.807) is 24.0 Å². The average molecular weight is 340 g/mol. The SMILES string of the molecule is Cc1ccc(C(=O)N2C[C@@H](NS(C)(=O)=O)[C@H](C(C)C)C2)cc1O. The first kappa shape index (κ1) is 17.7. The molecule has 1 aliphatic rings. The Kier molecular flexibility index (Phi) is 5.01. The third-order valence-corrected chi connectivity index (χ3v) is 5.06. The molecule has 0 aliphatic carbocycles. The lowest BCUT2D eigenvalue weighted by Crippen LogP contribution is -2.41. The molecule has 2 atom stereocenters. The molecule has 1 aromatic rings. The Balaban J connectivity index is 2.20. The van der Waals surface area contributed by atoms with Gasteiger partial charge in [-0.15, -0.1) is 0 Å². The molecule has 0 spiro atoms. The molecule has 1 fully saturated rings. The van der Waals surface area contributed by atoms with E-state index in [1.165, 1.54) is 6.07 Å². The van der Waals surface area contributed by atoms with E-state index in [-0.39, 0.29) is 29.5 Å². The molecule has 0 saturated carbocycles. The number of carbonyl (C=O) groups is 1.